The van der Waals surface area contributed by atoms with E-state index in [4.69, 9.17) is 4.74 Å². The van der Waals surface area contributed by atoms with Gasteiger partial charge in [0.2, 0.25) is 5.91 Å². The summed E-state index contributed by atoms with van der Waals surface area (Å²) >= 11 is 0. The van der Waals surface area contributed by atoms with Crippen LogP contribution >= 0.6 is 0 Å². The normalized spacial score (nSPS) is 15.4. The SMILES string of the molecule is C/C=C/C(=O)NCC(C)(O)CCOC. The molecular weight excluding hydrogens is 182 g/mol. The molecule has 4 heteroatoms. The first kappa shape index (κ1) is 13.1. The van der Waals surface area contributed by atoms with E-state index in [-0.39, 0.29) is 12.5 Å². The monoisotopic (exact) mass is 201 g/mol. The molecule has 0 rings (SSSR count). The van der Waals surface area contributed by atoms with Gasteiger partial charge in [-0.2, -0.15) is 0 Å². The molecule has 0 heterocycles. The second-order valence-electron chi connectivity index (χ2n) is 3.46. The minimum Gasteiger partial charge on any atom is -0.388 e. The molecule has 0 spiro atoms. The van der Waals surface area contributed by atoms with E-state index in [0.29, 0.717) is 13.0 Å². The molecule has 4 nitrogen and oxygen atoms in total. The van der Waals surface area contributed by atoms with E-state index in [0.717, 1.165) is 0 Å². The molecule has 0 aromatic heterocycles. The Morgan fingerprint density at radius 3 is 2.79 bits per heavy atom. The number of hydrogen-bond donors (Lipinski definition) is 2. The molecule has 0 saturated carbocycles. The van der Waals surface area contributed by atoms with Crippen LogP contribution in [0.1, 0.15) is 20.3 Å². The van der Waals surface area contributed by atoms with E-state index in [1.807, 2.05) is 0 Å². The summed E-state index contributed by atoms with van der Waals surface area (Å²) in [5, 5.41) is 12.3. The van der Waals surface area contributed by atoms with Crippen LogP contribution in [0.25, 0.3) is 0 Å². The maximum atomic E-state index is 11.0. The predicted octanol–water partition coefficient (Wildman–Crippen LogP) is 0.466. The largest absolute Gasteiger partial charge is 0.388 e. The van der Waals surface area contributed by atoms with Gasteiger partial charge >= 0.3 is 0 Å². The number of allylic oxidation sites excluding steroid dienone is 1. The number of nitrogens with one attached hydrogen (secondary N) is 1. The van der Waals surface area contributed by atoms with Crippen molar-refractivity contribution in [2.45, 2.75) is 25.9 Å². The Bertz CT molecular complexity index is 200. The molecule has 14 heavy (non-hydrogen) atoms. The summed E-state index contributed by atoms with van der Waals surface area (Å²) in [6.07, 6.45) is 3.57. The van der Waals surface area contributed by atoms with Gasteiger partial charge < -0.3 is 15.2 Å². The zero-order valence-electron chi connectivity index (χ0n) is 9.04. The average Bonchev–Trinajstić information content (AvgIpc) is 2.13. The Labute approximate surface area is 85.0 Å². The first-order chi connectivity index (χ1) is 6.52. The Hall–Kier alpha value is -0.870. The van der Waals surface area contributed by atoms with Gasteiger partial charge in [-0.15, -0.1) is 0 Å². The Morgan fingerprint density at radius 1 is 1.64 bits per heavy atom. The van der Waals surface area contributed by atoms with Crippen molar-refractivity contribution >= 4 is 5.91 Å². The lowest BCUT2D eigenvalue weighted by molar-refractivity contribution is -0.117. The van der Waals surface area contributed by atoms with Crippen LogP contribution < -0.4 is 5.32 Å². The third-order valence-electron chi connectivity index (χ3n) is 1.81. The number of carbonyl (C=O) groups excluding carboxylic acids is 1. The van der Waals surface area contributed by atoms with Crippen LogP contribution in [0.5, 0.6) is 0 Å². The standard InChI is InChI=1S/C10H19NO3/c1-4-5-9(12)11-8-10(2,13)6-7-14-3/h4-5,13H,6-8H2,1-3H3,(H,11,12)/b5-4+. The molecule has 0 aliphatic rings. The number of carbonyl (C=O) groups is 1. The van der Waals surface area contributed by atoms with Crippen molar-refractivity contribution in [3.63, 3.8) is 0 Å². The van der Waals surface area contributed by atoms with Crippen molar-refractivity contribution in [1.82, 2.24) is 5.32 Å². The van der Waals surface area contributed by atoms with E-state index < -0.39 is 5.60 Å². The lowest BCUT2D eigenvalue weighted by atomic mass is 10.0. The van der Waals surface area contributed by atoms with Crippen LogP contribution in [0, 0.1) is 0 Å². The van der Waals surface area contributed by atoms with Gasteiger partial charge in [0, 0.05) is 26.7 Å². The summed E-state index contributed by atoms with van der Waals surface area (Å²) in [4.78, 5) is 11.0. The van der Waals surface area contributed by atoms with Gasteiger partial charge in [-0.1, -0.05) is 6.08 Å². The Balaban J connectivity index is 3.80. The highest BCUT2D eigenvalue weighted by atomic mass is 16.5. The fourth-order valence-corrected chi connectivity index (χ4v) is 0.898. The second-order valence-corrected chi connectivity index (χ2v) is 3.46. The van der Waals surface area contributed by atoms with Crippen LogP contribution in [0.2, 0.25) is 0 Å². The predicted molar refractivity (Wildman–Crippen MR) is 54.9 cm³/mol. The molecule has 0 aromatic rings. The van der Waals surface area contributed by atoms with Gasteiger partial charge in [0.1, 0.15) is 0 Å². The van der Waals surface area contributed by atoms with Crippen LogP contribution in [0.4, 0.5) is 0 Å². The molecule has 1 amide bonds. The Morgan fingerprint density at radius 2 is 2.29 bits per heavy atom. The third-order valence-corrected chi connectivity index (χ3v) is 1.81. The van der Waals surface area contributed by atoms with E-state index >= 15 is 0 Å². The highest BCUT2D eigenvalue weighted by Crippen LogP contribution is 2.07. The van der Waals surface area contributed by atoms with Crippen LogP contribution in [-0.2, 0) is 9.53 Å². The molecule has 0 aliphatic heterocycles. The van der Waals surface area contributed by atoms with Gasteiger partial charge in [-0.25, -0.2) is 0 Å². The molecule has 0 saturated heterocycles. The van der Waals surface area contributed by atoms with E-state index in [1.165, 1.54) is 6.08 Å². The fraction of sp³-hybridized carbons (Fsp3) is 0.700. The molecule has 0 aromatic carbocycles. The highest BCUT2D eigenvalue weighted by Gasteiger charge is 2.19. The van der Waals surface area contributed by atoms with Crippen molar-refractivity contribution in [1.29, 1.82) is 0 Å². The molecule has 0 fully saturated rings. The first-order valence-electron chi connectivity index (χ1n) is 4.63. The summed E-state index contributed by atoms with van der Waals surface area (Å²) in [6, 6.07) is 0. The lowest BCUT2D eigenvalue weighted by Gasteiger charge is -2.22. The minimum atomic E-state index is -0.909. The van der Waals surface area contributed by atoms with E-state index in [2.05, 4.69) is 5.32 Å². The zero-order chi connectivity index (χ0) is 11.0. The summed E-state index contributed by atoms with van der Waals surface area (Å²) in [7, 11) is 1.58. The summed E-state index contributed by atoms with van der Waals surface area (Å²) in [6.45, 7) is 4.15. The van der Waals surface area contributed by atoms with Crippen LogP contribution in [0.3, 0.4) is 0 Å². The second kappa shape index (κ2) is 6.56. The van der Waals surface area contributed by atoms with Gasteiger partial charge in [0.25, 0.3) is 0 Å². The maximum Gasteiger partial charge on any atom is 0.243 e. The highest BCUT2D eigenvalue weighted by molar-refractivity contribution is 5.87. The van der Waals surface area contributed by atoms with Gasteiger partial charge in [0.05, 0.1) is 5.60 Å². The molecule has 0 radical (unpaired) electrons. The van der Waals surface area contributed by atoms with Gasteiger partial charge in [-0.3, -0.25) is 4.79 Å². The van der Waals surface area contributed by atoms with Crippen molar-refractivity contribution in [2.24, 2.45) is 0 Å². The molecule has 0 aliphatic carbocycles. The quantitative estimate of drug-likeness (QED) is 0.614. The molecule has 1 atom stereocenters. The molecular formula is C10H19NO3. The number of methoxy groups -OCH3 is 1. The number of rotatable bonds is 6. The van der Waals surface area contributed by atoms with Crippen molar-refractivity contribution in [3.8, 4) is 0 Å². The summed E-state index contributed by atoms with van der Waals surface area (Å²) < 4.78 is 4.85. The number of hydrogen-bond acceptors (Lipinski definition) is 3. The molecule has 0 bridgehead atoms. The van der Waals surface area contributed by atoms with E-state index in [1.54, 1.807) is 27.0 Å². The average molecular weight is 201 g/mol. The molecule has 82 valence electrons. The third kappa shape index (κ3) is 6.62. The van der Waals surface area contributed by atoms with E-state index in [9.17, 15) is 9.90 Å². The smallest absolute Gasteiger partial charge is 0.243 e. The summed E-state index contributed by atoms with van der Waals surface area (Å²) in [5.41, 5.74) is -0.909. The Kier molecular flexibility index (Phi) is 6.16. The topological polar surface area (TPSA) is 58.6 Å². The number of aliphatic hydroxyl groups is 1. The summed E-state index contributed by atoms with van der Waals surface area (Å²) in [5.74, 6) is -0.190. The van der Waals surface area contributed by atoms with Gasteiger partial charge in [-0.05, 0) is 19.9 Å². The number of amides is 1. The van der Waals surface area contributed by atoms with Crippen LogP contribution in [-0.4, -0.2) is 36.9 Å². The van der Waals surface area contributed by atoms with Gasteiger partial charge in [0.15, 0.2) is 0 Å². The zero-order valence-corrected chi connectivity index (χ0v) is 9.04. The minimum absolute atomic E-state index is 0.190. The molecule has 1 unspecified atom stereocenters. The number of ether oxygens (including phenoxy) is 1. The van der Waals surface area contributed by atoms with Crippen molar-refractivity contribution in [2.75, 3.05) is 20.3 Å². The first-order valence-corrected chi connectivity index (χ1v) is 4.63. The lowest BCUT2D eigenvalue weighted by Crippen LogP contribution is -2.40. The van der Waals surface area contributed by atoms with Crippen LogP contribution in [0.15, 0.2) is 12.2 Å². The van der Waals surface area contributed by atoms with Crippen molar-refractivity contribution < 1.29 is 14.6 Å². The van der Waals surface area contributed by atoms with Crippen molar-refractivity contribution in [3.05, 3.63) is 12.2 Å². The molecule has 2 N–H and O–H groups in total. The fourth-order valence-electron chi connectivity index (χ4n) is 0.898. The maximum absolute atomic E-state index is 11.0.